The largest absolute Gasteiger partial charge is 0.383 e. The third kappa shape index (κ3) is 4.06. The number of aromatic nitrogens is 1. The predicted molar refractivity (Wildman–Crippen MR) is 83.4 cm³/mol. The van der Waals surface area contributed by atoms with Gasteiger partial charge >= 0.3 is 0 Å². The molecule has 0 aliphatic carbocycles. The molecule has 0 aromatic carbocycles. The Bertz CT molecular complexity index is 536. The van der Waals surface area contributed by atoms with Gasteiger partial charge in [0, 0.05) is 45.2 Å². The molecule has 0 spiro atoms. The van der Waals surface area contributed by atoms with Crippen molar-refractivity contribution in [1.29, 1.82) is 0 Å². The minimum Gasteiger partial charge on any atom is -0.383 e. The number of aryl methyl sites for hydroxylation is 1. The normalized spacial score (nSPS) is 12.5. The molecule has 6 nitrogen and oxygen atoms in total. The fourth-order valence-electron chi connectivity index (χ4n) is 2.43. The molecule has 0 bridgehead atoms. The van der Waals surface area contributed by atoms with Gasteiger partial charge in [0.25, 0.3) is 0 Å². The van der Waals surface area contributed by atoms with Crippen LogP contribution in [0, 0.1) is 0 Å². The molecule has 0 atom stereocenters. The first kappa shape index (κ1) is 18.2. The lowest BCUT2D eigenvalue weighted by molar-refractivity contribution is 0.163. The third-order valence-corrected chi connectivity index (χ3v) is 5.68. The van der Waals surface area contributed by atoms with Crippen LogP contribution in [0.3, 0.4) is 0 Å². The van der Waals surface area contributed by atoms with Crippen molar-refractivity contribution in [2.75, 3.05) is 20.3 Å². The minimum absolute atomic E-state index is 0.0216. The number of sulfonamides is 1. The Balaban J connectivity index is 3.18. The van der Waals surface area contributed by atoms with Gasteiger partial charge in [-0.2, -0.15) is 4.31 Å². The van der Waals surface area contributed by atoms with Crippen molar-refractivity contribution in [1.82, 2.24) is 8.87 Å². The molecule has 122 valence electrons. The Morgan fingerprint density at radius 1 is 1.38 bits per heavy atom. The molecule has 7 heteroatoms. The lowest BCUT2D eigenvalue weighted by Crippen LogP contribution is -2.41. The van der Waals surface area contributed by atoms with Gasteiger partial charge in [-0.3, -0.25) is 0 Å². The average molecular weight is 317 g/mol. The highest BCUT2D eigenvalue weighted by atomic mass is 32.2. The SMILES string of the molecule is CCC(CC)N(CCOC)S(=O)(=O)c1cc(CN)n(C)c1. The van der Waals surface area contributed by atoms with Gasteiger partial charge in [0.1, 0.15) is 4.90 Å². The highest BCUT2D eigenvalue weighted by Gasteiger charge is 2.30. The first-order chi connectivity index (χ1) is 9.92. The molecule has 0 saturated carbocycles. The lowest BCUT2D eigenvalue weighted by Gasteiger charge is -2.29. The number of ether oxygens (including phenoxy) is 1. The van der Waals surface area contributed by atoms with Gasteiger partial charge in [0.15, 0.2) is 0 Å². The smallest absolute Gasteiger partial charge is 0.244 e. The maximum absolute atomic E-state index is 12.9. The highest BCUT2D eigenvalue weighted by molar-refractivity contribution is 7.89. The maximum Gasteiger partial charge on any atom is 0.244 e. The number of nitrogens with zero attached hydrogens (tertiary/aromatic N) is 2. The topological polar surface area (TPSA) is 77.6 Å². The Morgan fingerprint density at radius 2 is 2.00 bits per heavy atom. The Hall–Kier alpha value is -0.890. The quantitative estimate of drug-likeness (QED) is 0.745. The Labute approximate surface area is 127 Å². The third-order valence-electron chi connectivity index (χ3n) is 3.76. The zero-order valence-corrected chi connectivity index (χ0v) is 14.2. The van der Waals surface area contributed by atoms with Crippen LogP contribution in [0.5, 0.6) is 0 Å². The van der Waals surface area contributed by atoms with Crippen LogP contribution in [-0.4, -0.2) is 43.6 Å². The summed E-state index contributed by atoms with van der Waals surface area (Å²) in [4.78, 5) is 0.299. The molecule has 21 heavy (non-hydrogen) atoms. The molecular formula is C14H27N3O3S. The van der Waals surface area contributed by atoms with Crippen molar-refractivity contribution < 1.29 is 13.2 Å². The molecule has 0 amide bonds. The van der Waals surface area contributed by atoms with E-state index in [9.17, 15) is 8.42 Å². The Morgan fingerprint density at radius 3 is 2.43 bits per heavy atom. The van der Waals surface area contributed by atoms with E-state index in [-0.39, 0.29) is 6.04 Å². The van der Waals surface area contributed by atoms with E-state index in [4.69, 9.17) is 10.5 Å². The highest BCUT2D eigenvalue weighted by Crippen LogP contribution is 2.22. The average Bonchev–Trinajstić information content (AvgIpc) is 2.85. The first-order valence-corrected chi connectivity index (χ1v) is 8.72. The summed E-state index contributed by atoms with van der Waals surface area (Å²) in [7, 11) is -0.152. The monoisotopic (exact) mass is 317 g/mol. The number of rotatable bonds is 9. The zero-order valence-electron chi connectivity index (χ0n) is 13.4. The van der Waals surface area contributed by atoms with E-state index in [2.05, 4.69) is 0 Å². The molecule has 0 fully saturated rings. The van der Waals surface area contributed by atoms with Gasteiger partial charge in [-0.05, 0) is 18.9 Å². The maximum atomic E-state index is 12.9. The summed E-state index contributed by atoms with van der Waals surface area (Å²) in [6.07, 6.45) is 3.17. The van der Waals surface area contributed by atoms with Crippen LogP contribution in [-0.2, 0) is 28.4 Å². The first-order valence-electron chi connectivity index (χ1n) is 7.28. The fourth-order valence-corrected chi connectivity index (χ4v) is 4.29. The summed E-state index contributed by atoms with van der Waals surface area (Å²) in [6.45, 7) is 5.05. The molecule has 1 heterocycles. The van der Waals surface area contributed by atoms with E-state index < -0.39 is 10.0 Å². The van der Waals surface area contributed by atoms with Crippen LogP contribution in [0.2, 0.25) is 0 Å². The van der Waals surface area contributed by atoms with E-state index in [0.717, 1.165) is 18.5 Å². The van der Waals surface area contributed by atoms with Crippen molar-refractivity contribution in [3.63, 3.8) is 0 Å². The fraction of sp³-hybridized carbons (Fsp3) is 0.714. The number of methoxy groups -OCH3 is 1. The second-order valence-corrected chi connectivity index (χ2v) is 6.95. The molecule has 0 aliphatic heterocycles. The second-order valence-electron chi connectivity index (χ2n) is 5.06. The molecule has 2 N–H and O–H groups in total. The van der Waals surface area contributed by atoms with E-state index in [0.29, 0.717) is 24.6 Å². The van der Waals surface area contributed by atoms with Gasteiger partial charge in [-0.1, -0.05) is 13.8 Å². The van der Waals surface area contributed by atoms with Gasteiger partial charge in [0.2, 0.25) is 10.0 Å². The molecular weight excluding hydrogens is 290 g/mol. The van der Waals surface area contributed by atoms with Crippen molar-refractivity contribution in [2.24, 2.45) is 12.8 Å². The van der Waals surface area contributed by atoms with E-state index in [1.807, 2.05) is 13.8 Å². The van der Waals surface area contributed by atoms with Gasteiger partial charge < -0.3 is 15.0 Å². The van der Waals surface area contributed by atoms with E-state index in [1.54, 1.807) is 35.3 Å². The molecule has 0 aliphatic rings. The minimum atomic E-state index is -3.53. The molecule has 0 saturated heterocycles. The predicted octanol–water partition coefficient (Wildman–Crippen LogP) is 1.31. The summed E-state index contributed by atoms with van der Waals surface area (Å²) in [6, 6.07) is 1.63. The number of nitrogens with two attached hydrogens (primary N) is 1. The van der Waals surface area contributed by atoms with Crippen LogP contribution in [0.4, 0.5) is 0 Å². The van der Waals surface area contributed by atoms with Gasteiger partial charge in [0.05, 0.1) is 6.61 Å². The summed E-state index contributed by atoms with van der Waals surface area (Å²) < 4.78 is 34.2. The van der Waals surface area contributed by atoms with Crippen LogP contribution >= 0.6 is 0 Å². The zero-order chi connectivity index (χ0) is 16.0. The van der Waals surface area contributed by atoms with E-state index >= 15 is 0 Å². The summed E-state index contributed by atoms with van der Waals surface area (Å²) in [5.41, 5.74) is 6.42. The van der Waals surface area contributed by atoms with Crippen LogP contribution in [0.1, 0.15) is 32.4 Å². The number of hydrogen-bond donors (Lipinski definition) is 1. The van der Waals surface area contributed by atoms with Crippen molar-refractivity contribution in [2.45, 2.75) is 44.2 Å². The van der Waals surface area contributed by atoms with Gasteiger partial charge in [-0.15, -0.1) is 0 Å². The molecule has 0 radical (unpaired) electrons. The summed E-state index contributed by atoms with van der Waals surface area (Å²) in [5.74, 6) is 0. The standard InChI is InChI=1S/C14H27N3O3S/c1-5-12(6-2)17(7-8-20-4)21(18,19)14-9-13(10-15)16(3)11-14/h9,11-12H,5-8,10,15H2,1-4H3. The number of hydrogen-bond acceptors (Lipinski definition) is 4. The second kappa shape index (κ2) is 7.93. The molecule has 1 aromatic heterocycles. The Kier molecular flexibility index (Phi) is 6.86. The van der Waals surface area contributed by atoms with Crippen LogP contribution < -0.4 is 5.73 Å². The van der Waals surface area contributed by atoms with Gasteiger partial charge in [-0.25, -0.2) is 8.42 Å². The summed E-state index contributed by atoms with van der Waals surface area (Å²) in [5, 5.41) is 0. The van der Waals surface area contributed by atoms with Crippen molar-refractivity contribution in [3.05, 3.63) is 18.0 Å². The summed E-state index contributed by atoms with van der Waals surface area (Å²) >= 11 is 0. The molecule has 0 unspecified atom stereocenters. The van der Waals surface area contributed by atoms with Crippen LogP contribution in [0.15, 0.2) is 17.2 Å². The lowest BCUT2D eigenvalue weighted by atomic mass is 10.2. The van der Waals surface area contributed by atoms with Crippen LogP contribution in [0.25, 0.3) is 0 Å². The van der Waals surface area contributed by atoms with Crippen molar-refractivity contribution >= 4 is 10.0 Å². The van der Waals surface area contributed by atoms with E-state index in [1.165, 1.54) is 0 Å². The van der Waals surface area contributed by atoms with Crippen molar-refractivity contribution in [3.8, 4) is 0 Å². The molecule has 1 aromatic rings. The molecule has 1 rings (SSSR count).